The average molecular weight is 394 g/mol. The van der Waals surface area contributed by atoms with E-state index in [4.69, 9.17) is 9.47 Å². The monoisotopic (exact) mass is 394 g/mol. The first-order chi connectivity index (χ1) is 14.0. The predicted molar refractivity (Wildman–Crippen MR) is 113 cm³/mol. The van der Waals surface area contributed by atoms with Gasteiger partial charge < -0.3 is 14.8 Å². The van der Waals surface area contributed by atoms with E-state index in [2.05, 4.69) is 5.32 Å². The molecule has 2 amide bonds. The number of carbonyl (C=O) groups is 2. The van der Waals surface area contributed by atoms with Crippen molar-refractivity contribution in [3.8, 4) is 11.5 Å². The molecule has 2 aromatic rings. The van der Waals surface area contributed by atoms with E-state index in [1.807, 2.05) is 39.0 Å². The number of ether oxygens (including phenoxy) is 2. The van der Waals surface area contributed by atoms with Gasteiger partial charge in [-0.3, -0.25) is 14.5 Å². The van der Waals surface area contributed by atoms with Crippen molar-refractivity contribution in [2.45, 2.75) is 27.2 Å². The lowest BCUT2D eigenvalue weighted by Crippen LogP contribution is -2.33. The molecule has 0 aliphatic carbocycles. The minimum atomic E-state index is -0.329. The second kappa shape index (κ2) is 8.82. The molecule has 0 spiro atoms. The van der Waals surface area contributed by atoms with Crippen LogP contribution in [0.25, 0.3) is 5.57 Å². The van der Waals surface area contributed by atoms with E-state index < -0.39 is 0 Å². The molecule has 1 aliphatic heterocycles. The Kier molecular flexibility index (Phi) is 6.22. The lowest BCUT2D eigenvalue weighted by Gasteiger charge is -2.15. The number of amides is 2. The maximum absolute atomic E-state index is 13.1. The summed E-state index contributed by atoms with van der Waals surface area (Å²) in [5.74, 6) is 0.691. The number of nitrogens with zero attached hydrogens (tertiary/aromatic N) is 1. The minimum Gasteiger partial charge on any atom is -0.495 e. The van der Waals surface area contributed by atoms with Gasteiger partial charge in [0, 0.05) is 6.54 Å². The zero-order valence-corrected chi connectivity index (χ0v) is 17.2. The molecular weight excluding hydrogens is 368 g/mol. The summed E-state index contributed by atoms with van der Waals surface area (Å²) >= 11 is 0. The number of hydrogen-bond donors (Lipinski definition) is 1. The van der Waals surface area contributed by atoms with E-state index in [0.29, 0.717) is 47.9 Å². The summed E-state index contributed by atoms with van der Waals surface area (Å²) < 4.78 is 10.9. The number of imide groups is 1. The van der Waals surface area contributed by atoms with Crippen molar-refractivity contribution in [3.63, 3.8) is 0 Å². The summed E-state index contributed by atoms with van der Waals surface area (Å²) in [7, 11) is 1.57. The summed E-state index contributed by atoms with van der Waals surface area (Å²) in [6, 6.07) is 12.9. The molecule has 0 atom stereocenters. The van der Waals surface area contributed by atoms with Crippen LogP contribution in [0.1, 0.15) is 31.4 Å². The SMILES string of the molecule is CCCN1C(=O)C(Nc2cc(C)ccc2OC)=C(c2ccc(OCC)cc2)C1=O. The molecule has 0 radical (unpaired) electrons. The van der Waals surface area contributed by atoms with Crippen molar-refractivity contribution in [3.05, 3.63) is 59.3 Å². The number of anilines is 1. The van der Waals surface area contributed by atoms with Crippen molar-refractivity contribution in [1.82, 2.24) is 4.90 Å². The predicted octanol–water partition coefficient (Wildman–Crippen LogP) is 4.00. The number of hydrogen-bond acceptors (Lipinski definition) is 5. The molecule has 1 heterocycles. The van der Waals surface area contributed by atoms with Crippen LogP contribution in [0.5, 0.6) is 11.5 Å². The fourth-order valence-electron chi connectivity index (χ4n) is 3.33. The average Bonchev–Trinajstić information content (AvgIpc) is 2.94. The van der Waals surface area contributed by atoms with Gasteiger partial charge in [-0.15, -0.1) is 0 Å². The smallest absolute Gasteiger partial charge is 0.278 e. The maximum atomic E-state index is 13.1. The first-order valence-electron chi connectivity index (χ1n) is 9.75. The Bertz CT molecular complexity index is 948. The van der Waals surface area contributed by atoms with E-state index >= 15 is 0 Å². The van der Waals surface area contributed by atoms with Gasteiger partial charge in [-0.25, -0.2) is 0 Å². The van der Waals surface area contributed by atoms with Crippen molar-refractivity contribution in [1.29, 1.82) is 0 Å². The highest BCUT2D eigenvalue weighted by atomic mass is 16.5. The Morgan fingerprint density at radius 3 is 2.34 bits per heavy atom. The summed E-state index contributed by atoms with van der Waals surface area (Å²) in [6.07, 6.45) is 0.690. The summed E-state index contributed by atoms with van der Waals surface area (Å²) in [4.78, 5) is 27.4. The van der Waals surface area contributed by atoms with Crippen molar-refractivity contribution >= 4 is 23.1 Å². The van der Waals surface area contributed by atoms with Crippen LogP contribution in [0.3, 0.4) is 0 Å². The number of nitrogens with one attached hydrogen (secondary N) is 1. The quantitative estimate of drug-likeness (QED) is 0.686. The third kappa shape index (κ3) is 4.11. The normalized spacial score (nSPS) is 13.9. The molecule has 3 rings (SSSR count). The minimum absolute atomic E-state index is 0.261. The van der Waals surface area contributed by atoms with Gasteiger partial charge >= 0.3 is 0 Å². The number of carbonyl (C=O) groups excluding carboxylic acids is 2. The Morgan fingerprint density at radius 2 is 1.72 bits per heavy atom. The Labute approximate surface area is 171 Å². The summed E-state index contributed by atoms with van der Waals surface area (Å²) in [5, 5.41) is 3.17. The molecule has 0 saturated heterocycles. The lowest BCUT2D eigenvalue weighted by molar-refractivity contribution is -0.136. The highest BCUT2D eigenvalue weighted by Crippen LogP contribution is 2.34. The molecule has 0 bridgehead atoms. The summed E-state index contributed by atoms with van der Waals surface area (Å²) in [6.45, 7) is 6.73. The molecule has 1 aliphatic rings. The van der Waals surface area contributed by atoms with Crippen molar-refractivity contribution < 1.29 is 19.1 Å². The molecular formula is C23H26N2O4. The molecule has 1 N–H and O–H groups in total. The van der Waals surface area contributed by atoms with Crippen LogP contribution in [-0.2, 0) is 9.59 Å². The fraction of sp³-hybridized carbons (Fsp3) is 0.304. The van der Waals surface area contributed by atoms with Crippen molar-refractivity contribution in [2.24, 2.45) is 0 Å². The van der Waals surface area contributed by atoms with Gasteiger partial charge in [0.1, 0.15) is 17.2 Å². The van der Waals surface area contributed by atoms with E-state index in [9.17, 15) is 9.59 Å². The standard InChI is InChI=1S/C23H26N2O4/c1-5-13-25-22(26)20(16-8-10-17(11-9-16)29-6-2)21(23(25)27)24-18-14-15(3)7-12-19(18)28-4/h7-12,14,24H,5-6,13H2,1-4H3. The molecule has 0 fully saturated rings. The lowest BCUT2D eigenvalue weighted by atomic mass is 10.0. The van der Waals surface area contributed by atoms with Gasteiger partial charge in [-0.2, -0.15) is 0 Å². The third-order valence-electron chi connectivity index (χ3n) is 4.68. The number of aryl methyl sites for hydroxylation is 1. The molecule has 0 unspecified atom stereocenters. The first kappa shape index (κ1) is 20.5. The zero-order chi connectivity index (χ0) is 21.0. The van der Waals surface area contributed by atoms with E-state index in [1.165, 1.54) is 4.90 Å². The van der Waals surface area contributed by atoms with E-state index in [-0.39, 0.29) is 17.5 Å². The molecule has 152 valence electrons. The van der Waals surface area contributed by atoms with Gasteiger partial charge in [-0.05, 0) is 55.7 Å². The van der Waals surface area contributed by atoms with Crippen LogP contribution < -0.4 is 14.8 Å². The van der Waals surface area contributed by atoms with Crippen LogP contribution in [0.4, 0.5) is 5.69 Å². The molecule has 29 heavy (non-hydrogen) atoms. The Balaban J connectivity index is 2.07. The van der Waals surface area contributed by atoms with Crippen LogP contribution in [-0.4, -0.2) is 37.0 Å². The molecule has 6 heteroatoms. The maximum Gasteiger partial charge on any atom is 0.278 e. The van der Waals surface area contributed by atoms with E-state index in [0.717, 1.165) is 5.56 Å². The van der Waals surface area contributed by atoms with Crippen molar-refractivity contribution in [2.75, 3.05) is 25.6 Å². The number of methoxy groups -OCH3 is 1. The molecule has 0 aromatic heterocycles. The van der Waals surface area contributed by atoms with Crippen LogP contribution >= 0.6 is 0 Å². The largest absolute Gasteiger partial charge is 0.495 e. The van der Waals surface area contributed by atoms with Gasteiger partial charge in [0.25, 0.3) is 11.8 Å². The van der Waals surface area contributed by atoms with Crippen LogP contribution in [0.2, 0.25) is 0 Å². The van der Waals surface area contributed by atoms with Crippen LogP contribution in [0.15, 0.2) is 48.2 Å². The van der Waals surface area contributed by atoms with Crippen LogP contribution in [0, 0.1) is 6.92 Å². The van der Waals surface area contributed by atoms with Gasteiger partial charge in [0.15, 0.2) is 0 Å². The molecule has 0 saturated carbocycles. The molecule has 2 aromatic carbocycles. The number of benzene rings is 2. The van der Waals surface area contributed by atoms with Gasteiger partial charge in [0.2, 0.25) is 0 Å². The number of rotatable bonds is 8. The highest BCUT2D eigenvalue weighted by Gasteiger charge is 2.38. The molecule has 6 nitrogen and oxygen atoms in total. The summed E-state index contributed by atoms with van der Waals surface area (Å²) in [5.41, 5.74) is 2.94. The van der Waals surface area contributed by atoms with Gasteiger partial charge in [0.05, 0.1) is 25.0 Å². The highest BCUT2D eigenvalue weighted by molar-refractivity contribution is 6.36. The second-order valence-electron chi connectivity index (χ2n) is 6.80. The third-order valence-corrected chi connectivity index (χ3v) is 4.68. The fourth-order valence-corrected chi connectivity index (χ4v) is 3.33. The first-order valence-corrected chi connectivity index (χ1v) is 9.75. The zero-order valence-electron chi connectivity index (χ0n) is 17.2. The Hall–Kier alpha value is -3.28. The van der Waals surface area contributed by atoms with E-state index in [1.54, 1.807) is 31.4 Å². The second-order valence-corrected chi connectivity index (χ2v) is 6.80. The topological polar surface area (TPSA) is 67.9 Å². The Morgan fingerprint density at radius 1 is 1.00 bits per heavy atom. The van der Waals surface area contributed by atoms with Gasteiger partial charge in [-0.1, -0.05) is 25.1 Å².